The van der Waals surface area contributed by atoms with Crippen LogP contribution in [0.2, 0.25) is 0 Å². The number of aromatic nitrogens is 4. The summed E-state index contributed by atoms with van der Waals surface area (Å²) >= 11 is 0. The number of imidazole rings is 1. The quantitative estimate of drug-likeness (QED) is 0.510. The molecule has 5 rings (SSSR count). The predicted octanol–water partition coefficient (Wildman–Crippen LogP) is 4.23. The maximum Gasteiger partial charge on any atom is 0.245 e. The van der Waals surface area contributed by atoms with Crippen LogP contribution in [0.4, 0.5) is 0 Å². The van der Waals surface area contributed by atoms with Crippen LogP contribution in [0.5, 0.6) is 11.6 Å². The molecule has 7 nitrogen and oxygen atoms in total. The monoisotopic (exact) mass is 395 g/mol. The van der Waals surface area contributed by atoms with E-state index in [1.807, 2.05) is 30.5 Å². The molecule has 0 saturated heterocycles. The number of fused-ring (bicyclic) bond motifs is 1. The Kier molecular flexibility index (Phi) is 4.61. The predicted molar refractivity (Wildman–Crippen MR) is 114 cm³/mol. The Morgan fingerprint density at radius 3 is 2.63 bits per heavy atom. The van der Waals surface area contributed by atoms with E-state index in [1.165, 1.54) is 0 Å². The van der Waals surface area contributed by atoms with Gasteiger partial charge in [-0.2, -0.15) is 0 Å². The molecule has 0 amide bonds. The molecule has 30 heavy (non-hydrogen) atoms. The number of nitrogens with one attached hydrogen (secondary N) is 1. The number of para-hydroxylation sites is 2. The minimum atomic E-state index is -0.178. The third-order valence-electron chi connectivity index (χ3n) is 4.76. The third-order valence-corrected chi connectivity index (χ3v) is 4.76. The van der Waals surface area contributed by atoms with E-state index in [1.54, 1.807) is 36.7 Å². The third kappa shape index (κ3) is 3.48. The molecule has 0 fully saturated rings. The summed E-state index contributed by atoms with van der Waals surface area (Å²) in [5.41, 5.74) is 3.77. The molecular weight excluding hydrogens is 378 g/mol. The van der Waals surface area contributed by atoms with Gasteiger partial charge in [-0.3, -0.25) is 9.79 Å². The highest BCUT2D eigenvalue weighted by molar-refractivity contribution is 6.08. The van der Waals surface area contributed by atoms with Gasteiger partial charge in [-0.25, -0.2) is 15.0 Å². The SMILES string of the molecule is O=C(c1ccc(Oc2nccnc2C2=CCC=NC2)cc1)c1nc2ccccc2[nH]1. The molecule has 146 valence electrons. The number of benzene rings is 2. The van der Waals surface area contributed by atoms with Crippen molar-refractivity contribution in [2.75, 3.05) is 6.54 Å². The summed E-state index contributed by atoms with van der Waals surface area (Å²) in [5, 5.41) is 0. The second-order valence-corrected chi connectivity index (χ2v) is 6.76. The summed E-state index contributed by atoms with van der Waals surface area (Å²) in [6, 6.07) is 14.4. The highest BCUT2D eigenvalue weighted by Gasteiger charge is 2.16. The molecule has 0 saturated carbocycles. The number of carbonyl (C=O) groups is 1. The lowest BCUT2D eigenvalue weighted by Crippen LogP contribution is -2.04. The Balaban J connectivity index is 1.37. The first-order valence-corrected chi connectivity index (χ1v) is 9.54. The normalized spacial score (nSPS) is 13.3. The molecule has 3 heterocycles. The number of hydrogen-bond acceptors (Lipinski definition) is 6. The van der Waals surface area contributed by atoms with Crippen molar-refractivity contribution >= 4 is 28.6 Å². The van der Waals surface area contributed by atoms with Gasteiger partial charge in [0.1, 0.15) is 11.4 Å². The lowest BCUT2D eigenvalue weighted by molar-refractivity contribution is 0.103. The van der Waals surface area contributed by atoms with Crippen molar-refractivity contribution in [2.24, 2.45) is 4.99 Å². The van der Waals surface area contributed by atoms with E-state index >= 15 is 0 Å². The number of hydrogen-bond donors (Lipinski definition) is 1. The summed E-state index contributed by atoms with van der Waals surface area (Å²) in [4.78, 5) is 33.2. The molecule has 0 bridgehead atoms. The molecule has 0 radical (unpaired) electrons. The van der Waals surface area contributed by atoms with Gasteiger partial charge >= 0.3 is 0 Å². The number of ketones is 1. The molecule has 2 aromatic heterocycles. The molecule has 4 aromatic rings. The second kappa shape index (κ2) is 7.71. The molecule has 0 spiro atoms. The summed E-state index contributed by atoms with van der Waals surface area (Å²) in [7, 11) is 0. The zero-order chi connectivity index (χ0) is 20.3. The number of H-pyrrole nitrogens is 1. The molecule has 0 atom stereocenters. The van der Waals surface area contributed by atoms with Crippen molar-refractivity contribution in [3.8, 4) is 11.6 Å². The van der Waals surface area contributed by atoms with E-state index in [0.717, 1.165) is 23.0 Å². The van der Waals surface area contributed by atoms with Crippen LogP contribution in [-0.2, 0) is 0 Å². The lowest BCUT2D eigenvalue weighted by atomic mass is 10.1. The Morgan fingerprint density at radius 2 is 1.83 bits per heavy atom. The van der Waals surface area contributed by atoms with Gasteiger partial charge in [0.15, 0.2) is 5.82 Å². The minimum Gasteiger partial charge on any atom is -0.437 e. The van der Waals surface area contributed by atoms with Gasteiger partial charge in [0.25, 0.3) is 0 Å². The molecule has 0 unspecified atom stereocenters. The molecule has 1 aliphatic rings. The first-order valence-electron chi connectivity index (χ1n) is 9.54. The fourth-order valence-electron chi connectivity index (χ4n) is 3.27. The van der Waals surface area contributed by atoms with Crippen LogP contribution in [-0.4, -0.2) is 38.5 Å². The van der Waals surface area contributed by atoms with Crippen molar-refractivity contribution in [1.82, 2.24) is 19.9 Å². The Bertz CT molecular complexity index is 1260. The van der Waals surface area contributed by atoms with E-state index in [-0.39, 0.29) is 5.78 Å². The maximum atomic E-state index is 12.8. The zero-order valence-electron chi connectivity index (χ0n) is 15.9. The number of aliphatic imine (C=N–C) groups is 1. The largest absolute Gasteiger partial charge is 0.437 e. The molecule has 7 heteroatoms. The van der Waals surface area contributed by atoms with Crippen LogP contribution in [0, 0.1) is 0 Å². The maximum absolute atomic E-state index is 12.8. The molecule has 1 aliphatic heterocycles. The number of rotatable bonds is 5. The van der Waals surface area contributed by atoms with Crippen LogP contribution in [0.25, 0.3) is 16.6 Å². The molecule has 1 N–H and O–H groups in total. The highest BCUT2D eigenvalue weighted by Crippen LogP contribution is 2.28. The van der Waals surface area contributed by atoms with E-state index in [2.05, 4.69) is 31.0 Å². The van der Waals surface area contributed by atoms with Crippen LogP contribution in [0.3, 0.4) is 0 Å². The van der Waals surface area contributed by atoms with E-state index < -0.39 is 0 Å². The first kappa shape index (κ1) is 17.9. The van der Waals surface area contributed by atoms with Gasteiger partial charge in [-0.15, -0.1) is 0 Å². The van der Waals surface area contributed by atoms with Crippen LogP contribution in [0.15, 0.2) is 72.0 Å². The Morgan fingerprint density at radius 1 is 1.00 bits per heavy atom. The summed E-state index contributed by atoms with van der Waals surface area (Å²) in [5.74, 6) is 1.11. The number of carbonyl (C=O) groups excluding carboxylic acids is 1. The van der Waals surface area contributed by atoms with Gasteiger partial charge in [0.05, 0.1) is 17.6 Å². The smallest absolute Gasteiger partial charge is 0.245 e. The van der Waals surface area contributed by atoms with Gasteiger partial charge in [0, 0.05) is 36.2 Å². The lowest BCUT2D eigenvalue weighted by Gasteiger charge is -2.12. The minimum absolute atomic E-state index is 0.178. The zero-order valence-corrected chi connectivity index (χ0v) is 15.9. The topological polar surface area (TPSA) is 93.1 Å². The average Bonchev–Trinajstić information content (AvgIpc) is 3.24. The number of aromatic amines is 1. The second-order valence-electron chi connectivity index (χ2n) is 6.76. The van der Waals surface area contributed by atoms with Crippen molar-refractivity contribution in [3.05, 3.63) is 84.1 Å². The standard InChI is InChI=1S/C23H17N5O2/c29-21(22-27-18-5-1-2-6-19(18)28-22)15-7-9-17(10-8-15)30-23-20(25-12-13-26-23)16-4-3-11-24-14-16/h1-2,4-13H,3,14H2,(H,27,28). The summed E-state index contributed by atoms with van der Waals surface area (Å²) in [6.45, 7) is 0.556. The van der Waals surface area contributed by atoms with Gasteiger partial charge < -0.3 is 9.72 Å². The number of allylic oxidation sites excluding steroid dienone is 1. The number of dihydropyridines is 1. The van der Waals surface area contributed by atoms with E-state index in [9.17, 15) is 4.79 Å². The van der Waals surface area contributed by atoms with Crippen LogP contribution >= 0.6 is 0 Å². The molecule has 0 aliphatic carbocycles. The Hall–Kier alpha value is -4.13. The van der Waals surface area contributed by atoms with E-state index in [4.69, 9.17) is 4.74 Å². The van der Waals surface area contributed by atoms with Gasteiger partial charge in [-0.1, -0.05) is 18.2 Å². The fraction of sp³-hybridized carbons (Fsp3) is 0.0870. The average molecular weight is 395 g/mol. The summed E-state index contributed by atoms with van der Waals surface area (Å²) in [6.07, 6.45) is 7.93. The van der Waals surface area contributed by atoms with Crippen LogP contribution in [0.1, 0.15) is 28.3 Å². The molecular formula is C23H17N5O2. The van der Waals surface area contributed by atoms with Crippen LogP contribution < -0.4 is 4.74 Å². The molecule has 2 aromatic carbocycles. The Labute approximate surface area is 172 Å². The first-order chi connectivity index (χ1) is 14.8. The van der Waals surface area contributed by atoms with Crippen molar-refractivity contribution in [3.63, 3.8) is 0 Å². The fourth-order valence-corrected chi connectivity index (χ4v) is 3.27. The van der Waals surface area contributed by atoms with Crippen molar-refractivity contribution < 1.29 is 9.53 Å². The van der Waals surface area contributed by atoms with E-state index in [0.29, 0.717) is 35.3 Å². The summed E-state index contributed by atoms with van der Waals surface area (Å²) < 4.78 is 5.95. The van der Waals surface area contributed by atoms with Gasteiger partial charge in [0.2, 0.25) is 11.7 Å². The van der Waals surface area contributed by atoms with Gasteiger partial charge in [-0.05, 0) is 36.4 Å². The number of nitrogens with zero attached hydrogens (tertiary/aromatic N) is 4. The highest BCUT2D eigenvalue weighted by atomic mass is 16.5. The van der Waals surface area contributed by atoms with Crippen molar-refractivity contribution in [2.45, 2.75) is 6.42 Å². The number of ether oxygens (including phenoxy) is 1. The van der Waals surface area contributed by atoms with Crippen molar-refractivity contribution in [1.29, 1.82) is 0 Å².